The second kappa shape index (κ2) is 4.38. The highest BCUT2D eigenvalue weighted by Gasteiger charge is 2.32. The van der Waals surface area contributed by atoms with Crippen LogP contribution in [0.15, 0.2) is 23.3 Å². The molecule has 3 rings (SSSR count). The molecule has 2 aliphatic rings. The van der Waals surface area contributed by atoms with Crippen molar-refractivity contribution in [1.29, 1.82) is 0 Å². The van der Waals surface area contributed by atoms with Crippen molar-refractivity contribution in [2.45, 2.75) is 13.3 Å². The maximum absolute atomic E-state index is 11.3. The topological polar surface area (TPSA) is 79.8 Å². The molecule has 0 radical (unpaired) electrons. The van der Waals surface area contributed by atoms with Crippen LogP contribution in [0.1, 0.15) is 18.9 Å². The van der Waals surface area contributed by atoms with E-state index in [-0.39, 0.29) is 17.7 Å². The van der Waals surface area contributed by atoms with Gasteiger partial charge in [-0.25, -0.2) is 5.43 Å². The van der Waals surface area contributed by atoms with Gasteiger partial charge in [0.05, 0.1) is 12.3 Å². The van der Waals surface area contributed by atoms with Crippen molar-refractivity contribution in [3.05, 3.63) is 23.8 Å². The molecule has 1 aromatic rings. The summed E-state index contributed by atoms with van der Waals surface area (Å²) in [4.78, 5) is 22.4. The van der Waals surface area contributed by atoms with Gasteiger partial charge in [-0.1, -0.05) is 0 Å². The highest BCUT2D eigenvalue weighted by molar-refractivity contribution is 6.09. The first-order valence-electron chi connectivity index (χ1n) is 6.05. The number of nitrogens with one attached hydrogen (secondary N) is 2. The number of nitrogens with zero attached hydrogens (tertiary/aromatic N) is 1. The number of hydrogen-bond acceptors (Lipinski definition) is 4. The van der Waals surface area contributed by atoms with Crippen molar-refractivity contribution in [1.82, 2.24) is 5.43 Å². The number of benzene rings is 1. The first kappa shape index (κ1) is 11.7. The third-order valence-electron chi connectivity index (χ3n) is 3.14. The van der Waals surface area contributed by atoms with Crippen LogP contribution in [0.5, 0.6) is 5.75 Å². The maximum atomic E-state index is 11.3. The summed E-state index contributed by atoms with van der Waals surface area (Å²) in [6.45, 7) is 1.91. The van der Waals surface area contributed by atoms with Crippen LogP contribution < -0.4 is 15.5 Å². The van der Waals surface area contributed by atoms with E-state index in [4.69, 9.17) is 4.74 Å². The maximum Gasteiger partial charge on any atom is 0.240 e. The van der Waals surface area contributed by atoms with E-state index in [9.17, 15) is 9.59 Å². The lowest BCUT2D eigenvalue weighted by atomic mass is 9.90. The van der Waals surface area contributed by atoms with Crippen molar-refractivity contribution in [3.63, 3.8) is 0 Å². The van der Waals surface area contributed by atoms with Gasteiger partial charge in [-0.2, -0.15) is 5.10 Å². The molecule has 0 aromatic heterocycles. The minimum absolute atomic E-state index is 0.0196. The van der Waals surface area contributed by atoms with E-state index in [2.05, 4.69) is 15.8 Å². The van der Waals surface area contributed by atoms with Crippen molar-refractivity contribution < 1.29 is 14.3 Å². The van der Waals surface area contributed by atoms with Crippen molar-refractivity contribution in [2.75, 3.05) is 11.9 Å². The number of hydrazone groups is 1. The van der Waals surface area contributed by atoms with Crippen LogP contribution in [0.4, 0.5) is 5.69 Å². The van der Waals surface area contributed by atoms with E-state index in [0.717, 1.165) is 17.0 Å². The standard InChI is InChI=1S/C13H13N3O3/c1-7(17)14-9-2-3-11-10(5-9)13-8(6-19-11)4-12(18)15-16-13/h2-3,5,8H,4,6H2,1H3,(H,14,17)(H,15,18). The molecule has 19 heavy (non-hydrogen) atoms. The summed E-state index contributed by atoms with van der Waals surface area (Å²) in [7, 11) is 0. The van der Waals surface area contributed by atoms with Crippen molar-refractivity contribution in [3.8, 4) is 5.75 Å². The predicted octanol–water partition coefficient (Wildman–Crippen LogP) is 0.878. The number of ether oxygens (including phenoxy) is 1. The molecule has 2 aliphatic heterocycles. The van der Waals surface area contributed by atoms with Gasteiger partial charge in [-0.05, 0) is 18.2 Å². The van der Waals surface area contributed by atoms with Gasteiger partial charge >= 0.3 is 0 Å². The fourth-order valence-electron chi connectivity index (χ4n) is 2.33. The molecule has 0 aliphatic carbocycles. The molecule has 1 atom stereocenters. The lowest BCUT2D eigenvalue weighted by Crippen LogP contribution is -2.39. The quantitative estimate of drug-likeness (QED) is 0.785. The summed E-state index contributed by atoms with van der Waals surface area (Å²) in [5, 5.41) is 6.84. The molecule has 2 N–H and O–H groups in total. The largest absolute Gasteiger partial charge is 0.492 e. The van der Waals surface area contributed by atoms with Gasteiger partial charge in [-0.3, -0.25) is 9.59 Å². The zero-order valence-corrected chi connectivity index (χ0v) is 10.4. The van der Waals surface area contributed by atoms with E-state index >= 15 is 0 Å². The molecule has 2 amide bonds. The molecule has 0 spiro atoms. The summed E-state index contributed by atoms with van der Waals surface area (Å²) in [5.74, 6) is 0.472. The van der Waals surface area contributed by atoms with Crippen LogP contribution in [0, 0.1) is 5.92 Å². The van der Waals surface area contributed by atoms with Crippen LogP contribution in [-0.4, -0.2) is 24.1 Å². The number of carbonyl (C=O) groups excluding carboxylic acids is 2. The summed E-state index contributed by atoms with van der Waals surface area (Å²) in [6.07, 6.45) is 0.378. The molecule has 0 saturated heterocycles. The van der Waals surface area contributed by atoms with Crippen LogP contribution in [0.2, 0.25) is 0 Å². The van der Waals surface area contributed by atoms with Crippen LogP contribution >= 0.6 is 0 Å². The van der Waals surface area contributed by atoms with Gasteiger partial charge in [0.2, 0.25) is 11.8 Å². The van der Waals surface area contributed by atoms with Gasteiger partial charge in [0.25, 0.3) is 0 Å². The van der Waals surface area contributed by atoms with Gasteiger partial charge in [-0.15, -0.1) is 0 Å². The average Bonchev–Trinajstić information content (AvgIpc) is 2.37. The number of rotatable bonds is 1. The van der Waals surface area contributed by atoms with Gasteiger partial charge in [0, 0.05) is 30.5 Å². The Morgan fingerprint density at radius 3 is 3.16 bits per heavy atom. The summed E-state index contributed by atoms with van der Waals surface area (Å²) in [6, 6.07) is 5.40. The summed E-state index contributed by atoms with van der Waals surface area (Å²) >= 11 is 0. The third-order valence-corrected chi connectivity index (χ3v) is 3.14. The Morgan fingerprint density at radius 2 is 2.37 bits per heavy atom. The SMILES string of the molecule is CC(=O)Nc1ccc2c(c1)C1=NNC(=O)CC1CO2. The molecule has 98 valence electrons. The summed E-state index contributed by atoms with van der Waals surface area (Å²) < 4.78 is 5.63. The molecule has 1 aromatic carbocycles. The number of anilines is 1. The van der Waals surface area contributed by atoms with Crippen molar-refractivity contribution >= 4 is 23.2 Å². The molecule has 1 unspecified atom stereocenters. The fraction of sp³-hybridized carbons (Fsp3) is 0.308. The van der Waals surface area contributed by atoms with Gasteiger partial charge in [0.1, 0.15) is 5.75 Å². The zero-order chi connectivity index (χ0) is 13.4. The van der Waals surface area contributed by atoms with Crippen LogP contribution in [0.25, 0.3) is 0 Å². The number of fused-ring (bicyclic) bond motifs is 3. The third kappa shape index (κ3) is 2.16. The molecule has 6 heteroatoms. The highest BCUT2D eigenvalue weighted by atomic mass is 16.5. The molecule has 0 fully saturated rings. The van der Waals surface area contributed by atoms with Gasteiger partial charge in [0.15, 0.2) is 0 Å². The van der Waals surface area contributed by atoms with Gasteiger partial charge < -0.3 is 10.1 Å². The molecular formula is C13H13N3O3. The lowest BCUT2D eigenvalue weighted by Gasteiger charge is -2.29. The van der Waals surface area contributed by atoms with Crippen molar-refractivity contribution in [2.24, 2.45) is 11.0 Å². The normalized spacial score (nSPS) is 20.4. The van der Waals surface area contributed by atoms with E-state index in [1.54, 1.807) is 12.1 Å². The number of carbonyl (C=O) groups is 2. The fourth-order valence-corrected chi connectivity index (χ4v) is 2.33. The first-order chi connectivity index (χ1) is 9.13. The molecule has 6 nitrogen and oxygen atoms in total. The predicted molar refractivity (Wildman–Crippen MR) is 69.0 cm³/mol. The Labute approximate surface area is 109 Å². The highest BCUT2D eigenvalue weighted by Crippen LogP contribution is 2.32. The molecule has 0 bridgehead atoms. The average molecular weight is 259 g/mol. The zero-order valence-electron chi connectivity index (χ0n) is 10.4. The van der Waals surface area contributed by atoms with Crippen LogP contribution in [-0.2, 0) is 9.59 Å². The molecular weight excluding hydrogens is 246 g/mol. The number of amides is 2. The summed E-state index contributed by atoms with van der Waals surface area (Å²) in [5.41, 5.74) is 4.81. The Hall–Kier alpha value is -2.37. The second-order valence-corrected chi connectivity index (χ2v) is 4.64. The Kier molecular flexibility index (Phi) is 2.70. The minimum atomic E-state index is -0.132. The molecule has 2 heterocycles. The van der Waals surface area contributed by atoms with Crippen LogP contribution in [0.3, 0.4) is 0 Å². The second-order valence-electron chi connectivity index (χ2n) is 4.64. The van der Waals surface area contributed by atoms with E-state index in [0.29, 0.717) is 18.7 Å². The Morgan fingerprint density at radius 1 is 1.53 bits per heavy atom. The van der Waals surface area contributed by atoms with E-state index < -0.39 is 0 Å². The minimum Gasteiger partial charge on any atom is -0.492 e. The Balaban J connectivity index is 2.00. The smallest absolute Gasteiger partial charge is 0.240 e. The molecule has 0 saturated carbocycles. The first-order valence-corrected chi connectivity index (χ1v) is 6.05. The Bertz CT molecular complexity index is 595. The monoisotopic (exact) mass is 259 g/mol. The van der Waals surface area contributed by atoms with E-state index in [1.165, 1.54) is 6.92 Å². The van der Waals surface area contributed by atoms with E-state index in [1.807, 2.05) is 6.07 Å². The lowest BCUT2D eigenvalue weighted by molar-refractivity contribution is -0.122. The number of hydrogen-bond donors (Lipinski definition) is 2.